The standard InChI is InChI=1S/C15H15ClFNO/c1-9-6-7-10(12(16)8-9)15(18)11-4-3-5-13(19-2)14(11)17/h3-8,15H,18H2,1-2H3. The topological polar surface area (TPSA) is 35.2 Å². The van der Waals surface area contributed by atoms with Crippen LogP contribution in [0, 0.1) is 12.7 Å². The number of ether oxygens (including phenoxy) is 1. The minimum absolute atomic E-state index is 0.177. The summed E-state index contributed by atoms with van der Waals surface area (Å²) in [6.45, 7) is 1.94. The molecule has 2 aromatic rings. The molecule has 0 amide bonds. The second-order valence-corrected chi connectivity index (χ2v) is 4.77. The fourth-order valence-electron chi connectivity index (χ4n) is 1.98. The van der Waals surface area contributed by atoms with Crippen LogP contribution in [0.2, 0.25) is 5.02 Å². The summed E-state index contributed by atoms with van der Waals surface area (Å²) < 4.78 is 19.1. The largest absolute Gasteiger partial charge is 0.494 e. The van der Waals surface area contributed by atoms with Gasteiger partial charge in [0, 0.05) is 10.6 Å². The van der Waals surface area contributed by atoms with Crippen LogP contribution in [0.3, 0.4) is 0 Å². The summed E-state index contributed by atoms with van der Waals surface area (Å²) in [5, 5.41) is 0.537. The summed E-state index contributed by atoms with van der Waals surface area (Å²) in [6, 6.07) is 9.82. The molecule has 1 atom stereocenters. The van der Waals surface area contributed by atoms with Crippen molar-refractivity contribution in [2.45, 2.75) is 13.0 Å². The Kier molecular flexibility index (Phi) is 4.08. The Morgan fingerprint density at radius 3 is 2.58 bits per heavy atom. The zero-order valence-corrected chi connectivity index (χ0v) is 11.5. The Bertz CT molecular complexity index is 601. The highest BCUT2D eigenvalue weighted by molar-refractivity contribution is 6.31. The van der Waals surface area contributed by atoms with Crippen LogP contribution in [0.1, 0.15) is 22.7 Å². The number of hydrogen-bond donors (Lipinski definition) is 1. The van der Waals surface area contributed by atoms with E-state index in [4.69, 9.17) is 22.1 Å². The quantitative estimate of drug-likeness (QED) is 0.926. The van der Waals surface area contributed by atoms with Crippen LogP contribution in [-0.2, 0) is 0 Å². The molecule has 0 saturated heterocycles. The SMILES string of the molecule is COc1cccc(C(N)c2ccc(C)cc2Cl)c1F. The van der Waals surface area contributed by atoms with E-state index < -0.39 is 11.9 Å². The van der Waals surface area contributed by atoms with Crippen LogP contribution in [0.15, 0.2) is 36.4 Å². The minimum atomic E-state index is -0.622. The number of nitrogens with two attached hydrogens (primary N) is 1. The second kappa shape index (κ2) is 5.59. The van der Waals surface area contributed by atoms with Crippen molar-refractivity contribution in [2.24, 2.45) is 5.73 Å². The smallest absolute Gasteiger partial charge is 0.170 e. The van der Waals surface area contributed by atoms with E-state index in [-0.39, 0.29) is 5.75 Å². The van der Waals surface area contributed by atoms with Gasteiger partial charge in [0.05, 0.1) is 13.2 Å². The average Bonchev–Trinajstić information content (AvgIpc) is 2.38. The Hall–Kier alpha value is -1.58. The zero-order valence-electron chi connectivity index (χ0n) is 10.8. The molecule has 2 nitrogen and oxygen atoms in total. The Labute approximate surface area is 117 Å². The van der Waals surface area contributed by atoms with Gasteiger partial charge in [-0.05, 0) is 30.2 Å². The van der Waals surface area contributed by atoms with Crippen LogP contribution < -0.4 is 10.5 Å². The van der Waals surface area contributed by atoms with Gasteiger partial charge in [0.15, 0.2) is 11.6 Å². The first-order valence-corrected chi connectivity index (χ1v) is 6.26. The van der Waals surface area contributed by atoms with Gasteiger partial charge in [-0.25, -0.2) is 4.39 Å². The zero-order chi connectivity index (χ0) is 14.0. The van der Waals surface area contributed by atoms with E-state index in [9.17, 15) is 4.39 Å². The van der Waals surface area contributed by atoms with Crippen molar-refractivity contribution >= 4 is 11.6 Å². The van der Waals surface area contributed by atoms with E-state index in [2.05, 4.69) is 0 Å². The summed E-state index contributed by atoms with van der Waals surface area (Å²) in [4.78, 5) is 0. The van der Waals surface area contributed by atoms with Crippen molar-refractivity contribution in [3.05, 3.63) is 63.9 Å². The molecular weight excluding hydrogens is 265 g/mol. The number of benzene rings is 2. The van der Waals surface area contributed by atoms with Gasteiger partial charge in [-0.2, -0.15) is 0 Å². The normalized spacial score (nSPS) is 12.3. The lowest BCUT2D eigenvalue weighted by Crippen LogP contribution is -2.14. The summed E-state index contributed by atoms with van der Waals surface area (Å²) in [6.07, 6.45) is 0. The number of methoxy groups -OCH3 is 1. The van der Waals surface area contributed by atoms with E-state index in [0.29, 0.717) is 16.1 Å². The van der Waals surface area contributed by atoms with Crippen LogP contribution >= 0.6 is 11.6 Å². The molecule has 19 heavy (non-hydrogen) atoms. The lowest BCUT2D eigenvalue weighted by Gasteiger charge is -2.16. The van der Waals surface area contributed by atoms with Gasteiger partial charge < -0.3 is 10.5 Å². The van der Waals surface area contributed by atoms with Crippen molar-refractivity contribution in [1.82, 2.24) is 0 Å². The highest BCUT2D eigenvalue weighted by Crippen LogP contribution is 2.31. The van der Waals surface area contributed by atoms with Crippen LogP contribution in [0.5, 0.6) is 5.75 Å². The molecule has 0 radical (unpaired) electrons. The van der Waals surface area contributed by atoms with Gasteiger partial charge >= 0.3 is 0 Å². The molecule has 2 aromatic carbocycles. The predicted molar refractivity (Wildman–Crippen MR) is 75.2 cm³/mol. The molecule has 2 rings (SSSR count). The monoisotopic (exact) mass is 279 g/mol. The minimum Gasteiger partial charge on any atom is -0.494 e. The Morgan fingerprint density at radius 2 is 1.95 bits per heavy atom. The maximum absolute atomic E-state index is 14.2. The van der Waals surface area contributed by atoms with E-state index in [1.807, 2.05) is 25.1 Å². The molecule has 0 aliphatic carbocycles. The highest BCUT2D eigenvalue weighted by Gasteiger charge is 2.18. The summed E-state index contributed by atoms with van der Waals surface area (Å²) in [7, 11) is 1.42. The molecule has 4 heteroatoms. The molecule has 0 fully saturated rings. The molecule has 0 bridgehead atoms. The number of rotatable bonds is 3. The summed E-state index contributed by atoms with van der Waals surface area (Å²) in [5.74, 6) is -0.273. The third-order valence-corrected chi connectivity index (χ3v) is 3.37. The first-order valence-electron chi connectivity index (χ1n) is 5.88. The number of aryl methyl sites for hydroxylation is 1. The third kappa shape index (κ3) is 2.72. The maximum atomic E-state index is 14.2. The van der Waals surface area contributed by atoms with Crippen molar-refractivity contribution in [3.63, 3.8) is 0 Å². The number of hydrogen-bond acceptors (Lipinski definition) is 2. The molecule has 100 valence electrons. The second-order valence-electron chi connectivity index (χ2n) is 4.37. The lowest BCUT2D eigenvalue weighted by molar-refractivity contribution is 0.383. The molecule has 0 heterocycles. The van der Waals surface area contributed by atoms with Crippen molar-refractivity contribution in [1.29, 1.82) is 0 Å². The van der Waals surface area contributed by atoms with E-state index in [1.165, 1.54) is 7.11 Å². The number of halogens is 2. The van der Waals surface area contributed by atoms with Gasteiger partial charge in [-0.15, -0.1) is 0 Å². The summed E-state index contributed by atoms with van der Waals surface area (Å²) in [5.41, 5.74) is 8.21. The molecule has 0 spiro atoms. The van der Waals surface area contributed by atoms with Crippen LogP contribution in [0.25, 0.3) is 0 Å². The molecule has 0 aliphatic heterocycles. The molecule has 2 N–H and O–H groups in total. The van der Waals surface area contributed by atoms with Crippen molar-refractivity contribution < 1.29 is 9.13 Å². The van der Waals surface area contributed by atoms with E-state index in [0.717, 1.165) is 5.56 Å². The van der Waals surface area contributed by atoms with Crippen molar-refractivity contribution in [2.75, 3.05) is 7.11 Å². The fourth-order valence-corrected chi connectivity index (χ4v) is 2.33. The molecule has 0 saturated carbocycles. The molecular formula is C15H15ClFNO. The van der Waals surface area contributed by atoms with Gasteiger partial charge in [0.2, 0.25) is 0 Å². The van der Waals surface area contributed by atoms with Crippen LogP contribution in [-0.4, -0.2) is 7.11 Å². The average molecular weight is 280 g/mol. The fraction of sp³-hybridized carbons (Fsp3) is 0.200. The van der Waals surface area contributed by atoms with Crippen LogP contribution in [0.4, 0.5) is 4.39 Å². The van der Waals surface area contributed by atoms with E-state index >= 15 is 0 Å². The summed E-state index contributed by atoms with van der Waals surface area (Å²) >= 11 is 6.17. The van der Waals surface area contributed by atoms with Gasteiger partial charge in [0.1, 0.15) is 0 Å². The first-order chi connectivity index (χ1) is 9.04. The molecule has 1 unspecified atom stereocenters. The molecule has 0 aliphatic rings. The maximum Gasteiger partial charge on any atom is 0.170 e. The van der Waals surface area contributed by atoms with Gasteiger partial charge in [-0.1, -0.05) is 35.9 Å². The molecule has 0 aromatic heterocycles. The highest BCUT2D eigenvalue weighted by atomic mass is 35.5. The Morgan fingerprint density at radius 1 is 1.21 bits per heavy atom. The van der Waals surface area contributed by atoms with Gasteiger partial charge in [0.25, 0.3) is 0 Å². The third-order valence-electron chi connectivity index (χ3n) is 3.04. The van der Waals surface area contributed by atoms with Crippen molar-refractivity contribution in [3.8, 4) is 5.75 Å². The predicted octanol–water partition coefficient (Wildman–Crippen LogP) is 3.84. The van der Waals surface area contributed by atoms with Gasteiger partial charge in [-0.3, -0.25) is 0 Å². The Balaban J connectivity index is 2.47. The lowest BCUT2D eigenvalue weighted by atomic mass is 9.98. The van der Waals surface area contributed by atoms with E-state index in [1.54, 1.807) is 18.2 Å². The first kappa shape index (κ1) is 13.8.